The van der Waals surface area contributed by atoms with Gasteiger partial charge in [0.2, 0.25) is 0 Å². The fourth-order valence-electron chi connectivity index (χ4n) is 2.95. The summed E-state index contributed by atoms with van der Waals surface area (Å²) in [5.41, 5.74) is 1.46. The molecule has 2 saturated heterocycles. The molecule has 0 amide bonds. The van der Waals surface area contributed by atoms with E-state index >= 15 is 0 Å². The smallest absolute Gasteiger partial charge is 0.0733 e. The molecule has 0 aliphatic carbocycles. The normalized spacial score (nSPS) is 32.5. The van der Waals surface area contributed by atoms with E-state index in [-0.39, 0.29) is 0 Å². The zero-order valence-electron chi connectivity index (χ0n) is 9.95. The van der Waals surface area contributed by atoms with Gasteiger partial charge < -0.3 is 10.1 Å². The van der Waals surface area contributed by atoms with Gasteiger partial charge in [-0.2, -0.15) is 0 Å². The van der Waals surface area contributed by atoms with Gasteiger partial charge in [-0.25, -0.2) is 0 Å². The molecule has 16 heavy (non-hydrogen) atoms. The first-order valence-electron chi connectivity index (χ1n) is 6.17. The van der Waals surface area contributed by atoms with Crippen LogP contribution in [0.25, 0.3) is 0 Å². The predicted octanol–water partition coefficient (Wildman–Crippen LogP) is 2.77. The molecule has 1 aromatic rings. The highest BCUT2D eigenvalue weighted by Crippen LogP contribution is 2.34. The molecule has 88 valence electrons. The molecule has 0 aromatic carbocycles. The SMILES string of the molecule is Cc1cc(CNC2CC3CCC2O3)c(C)s1. The third kappa shape index (κ3) is 1.92. The molecule has 2 fully saturated rings. The van der Waals surface area contributed by atoms with Crippen molar-refractivity contribution >= 4 is 11.3 Å². The summed E-state index contributed by atoms with van der Waals surface area (Å²) >= 11 is 1.90. The monoisotopic (exact) mass is 237 g/mol. The van der Waals surface area contributed by atoms with Crippen molar-refractivity contribution in [3.05, 3.63) is 21.4 Å². The molecule has 2 aliphatic heterocycles. The summed E-state index contributed by atoms with van der Waals surface area (Å²) in [6.07, 6.45) is 4.79. The van der Waals surface area contributed by atoms with Gasteiger partial charge in [0.1, 0.15) is 0 Å². The number of ether oxygens (including phenoxy) is 1. The first-order valence-corrected chi connectivity index (χ1v) is 6.99. The maximum absolute atomic E-state index is 5.85. The van der Waals surface area contributed by atoms with Crippen molar-refractivity contribution in [2.24, 2.45) is 0 Å². The predicted molar refractivity (Wildman–Crippen MR) is 66.9 cm³/mol. The lowest BCUT2D eigenvalue weighted by Gasteiger charge is -2.19. The first-order chi connectivity index (χ1) is 7.72. The van der Waals surface area contributed by atoms with E-state index in [0.717, 1.165) is 6.54 Å². The Labute approximate surface area is 101 Å². The van der Waals surface area contributed by atoms with E-state index in [2.05, 4.69) is 25.2 Å². The third-order valence-corrected chi connectivity index (χ3v) is 4.81. The Balaban J connectivity index is 1.59. The van der Waals surface area contributed by atoms with E-state index in [1.807, 2.05) is 11.3 Å². The van der Waals surface area contributed by atoms with Crippen molar-refractivity contribution in [2.75, 3.05) is 0 Å². The van der Waals surface area contributed by atoms with Crippen LogP contribution in [0.15, 0.2) is 6.07 Å². The number of nitrogens with one attached hydrogen (secondary N) is 1. The highest BCUT2D eigenvalue weighted by molar-refractivity contribution is 7.12. The van der Waals surface area contributed by atoms with Gasteiger partial charge in [-0.15, -0.1) is 11.3 Å². The molecule has 1 N–H and O–H groups in total. The maximum Gasteiger partial charge on any atom is 0.0733 e. The topological polar surface area (TPSA) is 21.3 Å². The van der Waals surface area contributed by atoms with Crippen LogP contribution in [-0.4, -0.2) is 18.2 Å². The number of thiophene rings is 1. The van der Waals surface area contributed by atoms with Gasteiger partial charge in [0.05, 0.1) is 12.2 Å². The molecule has 2 bridgehead atoms. The summed E-state index contributed by atoms with van der Waals surface area (Å²) in [4.78, 5) is 2.87. The average Bonchev–Trinajstić information content (AvgIpc) is 2.91. The van der Waals surface area contributed by atoms with Crippen LogP contribution in [0.3, 0.4) is 0 Å². The van der Waals surface area contributed by atoms with Crippen LogP contribution >= 0.6 is 11.3 Å². The third-order valence-electron chi connectivity index (χ3n) is 3.80. The Bertz CT molecular complexity index is 387. The van der Waals surface area contributed by atoms with Crippen LogP contribution < -0.4 is 5.32 Å². The number of aryl methyl sites for hydroxylation is 2. The molecule has 2 aliphatic rings. The second-order valence-electron chi connectivity index (χ2n) is 5.04. The van der Waals surface area contributed by atoms with E-state index < -0.39 is 0 Å². The molecule has 0 radical (unpaired) electrons. The highest BCUT2D eigenvalue weighted by atomic mass is 32.1. The van der Waals surface area contributed by atoms with Gasteiger partial charge in [-0.05, 0) is 44.7 Å². The minimum absolute atomic E-state index is 0.491. The minimum Gasteiger partial charge on any atom is -0.373 e. The van der Waals surface area contributed by atoms with Crippen LogP contribution in [-0.2, 0) is 11.3 Å². The summed E-state index contributed by atoms with van der Waals surface area (Å²) in [5.74, 6) is 0. The summed E-state index contributed by atoms with van der Waals surface area (Å²) in [6, 6.07) is 2.90. The molecule has 3 heteroatoms. The second-order valence-corrected chi connectivity index (χ2v) is 6.50. The second kappa shape index (κ2) is 4.13. The largest absolute Gasteiger partial charge is 0.373 e. The zero-order chi connectivity index (χ0) is 11.1. The molecular weight excluding hydrogens is 218 g/mol. The van der Waals surface area contributed by atoms with Crippen LogP contribution in [0.2, 0.25) is 0 Å². The lowest BCUT2D eigenvalue weighted by molar-refractivity contribution is 0.0973. The van der Waals surface area contributed by atoms with Crippen molar-refractivity contribution in [1.29, 1.82) is 0 Å². The quantitative estimate of drug-likeness (QED) is 0.873. The number of hydrogen-bond donors (Lipinski definition) is 1. The molecule has 3 unspecified atom stereocenters. The maximum atomic E-state index is 5.85. The Morgan fingerprint density at radius 1 is 1.44 bits per heavy atom. The van der Waals surface area contributed by atoms with Crippen molar-refractivity contribution in [1.82, 2.24) is 5.32 Å². The average molecular weight is 237 g/mol. The zero-order valence-corrected chi connectivity index (χ0v) is 10.8. The van der Waals surface area contributed by atoms with E-state index in [1.165, 1.54) is 34.6 Å². The van der Waals surface area contributed by atoms with Gasteiger partial charge in [0.25, 0.3) is 0 Å². The fourth-order valence-corrected chi connectivity index (χ4v) is 3.90. The van der Waals surface area contributed by atoms with E-state index in [0.29, 0.717) is 18.2 Å². The molecule has 3 atom stereocenters. The summed E-state index contributed by atoms with van der Waals surface area (Å²) in [5, 5.41) is 3.67. The Hall–Kier alpha value is -0.380. The number of hydrogen-bond acceptors (Lipinski definition) is 3. The molecule has 0 saturated carbocycles. The molecule has 1 aromatic heterocycles. The highest BCUT2D eigenvalue weighted by Gasteiger charge is 2.40. The van der Waals surface area contributed by atoms with Crippen LogP contribution in [0.1, 0.15) is 34.6 Å². The van der Waals surface area contributed by atoms with Gasteiger partial charge in [-0.3, -0.25) is 0 Å². The molecule has 3 heterocycles. The standard InChI is InChI=1S/C13H19NOS/c1-8-5-10(9(2)16-8)7-14-12-6-11-3-4-13(12)15-11/h5,11-14H,3-4,6-7H2,1-2H3. The van der Waals surface area contributed by atoms with Crippen molar-refractivity contribution in [3.63, 3.8) is 0 Å². The minimum atomic E-state index is 0.491. The number of fused-ring (bicyclic) bond motifs is 2. The van der Waals surface area contributed by atoms with E-state index in [4.69, 9.17) is 4.74 Å². The van der Waals surface area contributed by atoms with Gasteiger partial charge >= 0.3 is 0 Å². The lowest BCUT2D eigenvalue weighted by Crippen LogP contribution is -2.37. The molecular formula is C13H19NOS. The van der Waals surface area contributed by atoms with E-state index in [9.17, 15) is 0 Å². The Morgan fingerprint density at radius 2 is 2.31 bits per heavy atom. The summed E-state index contributed by atoms with van der Waals surface area (Å²) < 4.78 is 5.85. The Morgan fingerprint density at radius 3 is 2.88 bits per heavy atom. The van der Waals surface area contributed by atoms with Gasteiger partial charge in [0, 0.05) is 22.3 Å². The molecule has 0 spiro atoms. The Kier molecular flexibility index (Phi) is 2.78. The fraction of sp³-hybridized carbons (Fsp3) is 0.692. The van der Waals surface area contributed by atoms with Crippen molar-refractivity contribution in [2.45, 2.75) is 57.9 Å². The van der Waals surface area contributed by atoms with Crippen LogP contribution in [0, 0.1) is 13.8 Å². The molecule has 2 nitrogen and oxygen atoms in total. The summed E-state index contributed by atoms with van der Waals surface area (Å²) in [7, 11) is 0. The van der Waals surface area contributed by atoms with Crippen molar-refractivity contribution in [3.8, 4) is 0 Å². The lowest BCUT2D eigenvalue weighted by atomic mass is 9.95. The van der Waals surface area contributed by atoms with Gasteiger partial charge in [0.15, 0.2) is 0 Å². The molecule has 3 rings (SSSR count). The van der Waals surface area contributed by atoms with Crippen LogP contribution in [0.5, 0.6) is 0 Å². The van der Waals surface area contributed by atoms with E-state index in [1.54, 1.807) is 0 Å². The first kappa shape index (κ1) is 10.8. The van der Waals surface area contributed by atoms with Crippen LogP contribution in [0.4, 0.5) is 0 Å². The van der Waals surface area contributed by atoms with Crippen molar-refractivity contribution < 1.29 is 4.74 Å². The summed E-state index contributed by atoms with van der Waals surface area (Å²) in [6.45, 7) is 5.40. The van der Waals surface area contributed by atoms with Gasteiger partial charge in [-0.1, -0.05) is 0 Å². The number of rotatable bonds is 3.